The zero-order valence-electron chi connectivity index (χ0n) is 19.0. The second-order valence-electron chi connectivity index (χ2n) is 9.00. The molecule has 3 aromatic rings. The molecule has 1 aromatic heterocycles. The molecule has 178 valence electrons. The standard InChI is InChI=1S/C26H29F2N5O/c27-21-9-10-23(28)22(12-21)25(34)33(15-18-7-5-17(6-8-18)13-32-26(29)30)16-19-11-20-3-1-2-4-24(20)31-14-19/h1-4,9-12,14,17-18H,5-8,13,15-16H2,(H4,29,30,32). The Morgan fingerprint density at radius 1 is 1.03 bits per heavy atom. The molecule has 0 saturated heterocycles. The number of hydrogen-bond donors (Lipinski definition) is 2. The van der Waals surface area contributed by atoms with Crippen LogP contribution in [0.5, 0.6) is 0 Å². The molecule has 1 saturated carbocycles. The van der Waals surface area contributed by atoms with Crippen LogP contribution in [0.15, 0.2) is 59.7 Å². The van der Waals surface area contributed by atoms with Crippen molar-refractivity contribution in [3.63, 3.8) is 0 Å². The average molecular weight is 466 g/mol. The molecule has 0 spiro atoms. The Labute approximate surface area is 197 Å². The number of aromatic nitrogens is 1. The number of aliphatic imine (C=N–C) groups is 1. The highest BCUT2D eigenvalue weighted by atomic mass is 19.1. The second-order valence-corrected chi connectivity index (χ2v) is 9.00. The Balaban J connectivity index is 1.53. The van der Waals surface area contributed by atoms with Crippen molar-refractivity contribution in [2.24, 2.45) is 28.3 Å². The number of pyridine rings is 1. The van der Waals surface area contributed by atoms with Crippen LogP contribution in [-0.2, 0) is 6.54 Å². The number of guanidine groups is 1. The van der Waals surface area contributed by atoms with Gasteiger partial charge in [0.1, 0.15) is 11.6 Å². The number of carbonyl (C=O) groups is 1. The van der Waals surface area contributed by atoms with E-state index in [0.29, 0.717) is 19.0 Å². The quantitative estimate of drug-likeness (QED) is 0.403. The Bertz CT molecular complexity index is 1190. The van der Waals surface area contributed by atoms with Crippen molar-refractivity contribution < 1.29 is 13.6 Å². The molecule has 6 nitrogen and oxygen atoms in total. The lowest BCUT2D eigenvalue weighted by Crippen LogP contribution is -2.37. The maximum absolute atomic E-state index is 14.4. The van der Waals surface area contributed by atoms with E-state index in [9.17, 15) is 13.6 Å². The summed E-state index contributed by atoms with van der Waals surface area (Å²) in [6, 6.07) is 12.7. The van der Waals surface area contributed by atoms with Gasteiger partial charge in [-0.3, -0.25) is 14.8 Å². The Hall–Kier alpha value is -3.55. The van der Waals surface area contributed by atoms with Gasteiger partial charge in [0.2, 0.25) is 0 Å². The van der Waals surface area contributed by atoms with Crippen molar-refractivity contribution in [1.29, 1.82) is 0 Å². The van der Waals surface area contributed by atoms with Crippen molar-refractivity contribution in [3.05, 3.63) is 77.5 Å². The third-order valence-corrected chi connectivity index (χ3v) is 6.44. The van der Waals surface area contributed by atoms with E-state index in [0.717, 1.165) is 60.3 Å². The van der Waals surface area contributed by atoms with Gasteiger partial charge in [0.05, 0.1) is 11.1 Å². The lowest BCUT2D eigenvalue weighted by molar-refractivity contribution is 0.0686. The highest BCUT2D eigenvalue weighted by Gasteiger charge is 2.27. The Morgan fingerprint density at radius 2 is 1.76 bits per heavy atom. The minimum Gasteiger partial charge on any atom is -0.370 e. The molecular formula is C26H29F2N5O. The number of carbonyl (C=O) groups excluding carboxylic acids is 1. The lowest BCUT2D eigenvalue weighted by atomic mass is 9.81. The monoisotopic (exact) mass is 465 g/mol. The number of amides is 1. The molecular weight excluding hydrogens is 436 g/mol. The van der Waals surface area contributed by atoms with Gasteiger partial charge in [-0.2, -0.15) is 0 Å². The topological polar surface area (TPSA) is 97.6 Å². The maximum atomic E-state index is 14.4. The smallest absolute Gasteiger partial charge is 0.257 e. The van der Waals surface area contributed by atoms with Crippen LogP contribution in [0.4, 0.5) is 8.78 Å². The lowest BCUT2D eigenvalue weighted by Gasteiger charge is -2.32. The first kappa shape index (κ1) is 23.6. The first-order valence-electron chi connectivity index (χ1n) is 11.5. The van der Waals surface area contributed by atoms with Crippen LogP contribution in [-0.4, -0.2) is 34.8 Å². The third kappa shape index (κ3) is 5.87. The van der Waals surface area contributed by atoms with E-state index in [1.165, 1.54) is 0 Å². The number of nitrogens with zero attached hydrogens (tertiary/aromatic N) is 3. The summed E-state index contributed by atoms with van der Waals surface area (Å²) in [5.41, 5.74) is 12.3. The summed E-state index contributed by atoms with van der Waals surface area (Å²) in [6.07, 6.45) is 5.47. The van der Waals surface area contributed by atoms with Crippen LogP contribution in [0.2, 0.25) is 0 Å². The molecule has 1 fully saturated rings. The van der Waals surface area contributed by atoms with E-state index in [4.69, 9.17) is 11.5 Å². The number of halogens is 2. The van der Waals surface area contributed by atoms with Crippen LogP contribution >= 0.6 is 0 Å². The molecule has 8 heteroatoms. The predicted molar refractivity (Wildman–Crippen MR) is 129 cm³/mol. The van der Waals surface area contributed by atoms with Crippen LogP contribution < -0.4 is 11.5 Å². The van der Waals surface area contributed by atoms with Gasteiger partial charge < -0.3 is 16.4 Å². The van der Waals surface area contributed by atoms with Gasteiger partial charge in [-0.05, 0) is 73.4 Å². The van der Waals surface area contributed by atoms with E-state index in [-0.39, 0.29) is 24.0 Å². The van der Waals surface area contributed by atoms with E-state index < -0.39 is 17.5 Å². The molecule has 1 amide bonds. The van der Waals surface area contributed by atoms with Crippen molar-refractivity contribution >= 4 is 22.8 Å². The fourth-order valence-corrected chi connectivity index (χ4v) is 4.62. The van der Waals surface area contributed by atoms with Crippen molar-refractivity contribution in [2.75, 3.05) is 13.1 Å². The molecule has 0 unspecified atom stereocenters. The summed E-state index contributed by atoms with van der Waals surface area (Å²) >= 11 is 0. The zero-order chi connectivity index (χ0) is 24.1. The van der Waals surface area contributed by atoms with Crippen molar-refractivity contribution in [2.45, 2.75) is 32.2 Å². The summed E-state index contributed by atoms with van der Waals surface area (Å²) in [7, 11) is 0. The van der Waals surface area contributed by atoms with Crippen LogP contribution in [0.3, 0.4) is 0 Å². The molecule has 1 heterocycles. The first-order chi connectivity index (χ1) is 16.4. The molecule has 4 rings (SSSR count). The molecule has 34 heavy (non-hydrogen) atoms. The third-order valence-electron chi connectivity index (χ3n) is 6.44. The fraction of sp³-hybridized carbons (Fsp3) is 0.346. The van der Waals surface area contributed by atoms with Gasteiger partial charge in [-0.1, -0.05) is 18.2 Å². The van der Waals surface area contributed by atoms with Crippen molar-refractivity contribution in [3.8, 4) is 0 Å². The summed E-state index contributed by atoms with van der Waals surface area (Å²) in [5, 5.41) is 0.963. The van der Waals surface area contributed by atoms with Gasteiger partial charge in [0, 0.05) is 31.2 Å². The van der Waals surface area contributed by atoms with Gasteiger partial charge in [-0.25, -0.2) is 8.78 Å². The molecule has 0 atom stereocenters. The Morgan fingerprint density at radius 3 is 2.53 bits per heavy atom. The highest BCUT2D eigenvalue weighted by Crippen LogP contribution is 2.30. The van der Waals surface area contributed by atoms with E-state index >= 15 is 0 Å². The molecule has 0 bridgehead atoms. The molecule has 0 aliphatic heterocycles. The average Bonchev–Trinajstić information content (AvgIpc) is 2.84. The predicted octanol–water partition coefficient (Wildman–Crippen LogP) is 4.24. The summed E-state index contributed by atoms with van der Waals surface area (Å²) < 4.78 is 28.3. The van der Waals surface area contributed by atoms with Gasteiger partial charge >= 0.3 is 0 Å². The van der Waals surface area contributed by atoms with Gasteiger partial charge in [-0.15, -0.1) is 0 Å². The first-order valence-corrected chi connectivity index (χ1v) is 11.5. The number of hydrogen-bond acceptors (Lipinski definition) is 3. The largest absolute Gasteiger partial charge is 0.370 e. The van der Waals surface area contributed by atoms with E-state index in [1.807, 2.05) is 30.3 Å². The number of nitrogens with two attached hydrogens (primary N) is 2. The number of para-hydroxylation sites is 1. The Kier molecular flexibility index (Phi) is 7.35. The number of fused-ring (bicyclic) bond motifs is 1. The van der Waals surface area contributed by atoms with Gasteiger partial charge in [0.25, 0.3) is 5.91 Å². The molecule has 2 aromatic carbocycles. The maximum Gasteiger partial charge on any atom is 0.257 e. The zero-order valence-corrected chi connectivity index (χ0v) is 19.0. The summed E-state index contributed by atoms with van der Waals surface area (Å²) in [6.45, 7) is 1.33. The molecule has 1 aliphatic carbocycles. The van der Waals surface area contributed by atoms with E-state index in [2.05, 4.69) is 9.98 Å². The SMILES string of the molecule is NC(N)=NCC1CCC(CN(Cc2cnc3ccccc3c2)C(=O)c2cc(F)ccc2F)CC1. The summed E-state index contributed by atoms with van der Waals surface area (Å²) in [5.74, 6) is -1.13. The highest BCUT2D eigenvalue weighted by molar-refractivity contribution is 5.94. The molecule has 4 N–H and O–H groups in total. The number of rotatable bonds is 7. The molecule has 1 aliphatic rings. The normalized spacial score (nSPS) is 17.9. The van der Waals surface area contributed by atoms with Crippen LogP contribution in [0.1, 0.15) is 41.6 Å². The minimum atomic E-state index is -0.728. The van der Waals surface area contributed by atoms with E-state index in [1.54, 1.807) is 11.1 Å². The fourth-order valence-electron chi connectivity index (χ4n) is 4.62. The van der Waals surface area contributed by atoms with Crippen molar-refractivity contribution in [1.82, 2.24) is 9.88 Å². The van der Waals surface area contributed by atoms with Gasteiger partial charge in [0.15, 0.2) is 5.96 Å². The minimum absolute atomic E-state index is 0.0972. The van der Waals surface area contributed by atoms with Crippen LogP contribution in [0, 0.1) is 23.5 Å². The number of benzene rings is 2. The second kappa shape index (κ2) is 10.6. The van der Waals surface area contributed by atoms with Crippen LogP contribution in [0.25, 0.3) is 10.9 Å². The molecule has 0 radical (unpaired) electrons. The summed E-state index contributed by atoms with van der Waals surface area (Å²) in [4.78, 5) is 23.6.